The lowest BCUT2D eigenvalue weighted by atomic mass is 10.2. The van der Waals surface area contributed by atoms with Gasteiger partial charge in [-0.3, -0.25) is 4.79 Å². The lowest BCUT2D eigenvalue weighted by molar-refractivity contribution is -0.133. The van der Waals surface area contributed by atoms with Crippen LogP contribution in [0.1, 0.15) is 10.4 Å². The molecule has 3 heteroatoms. The highest BCUT2D eigenvalue weighted by molar-refractivity contribution is 7.10. The average molecular weight is 232 g/mol. The van der Waals surface area contributed by atoms with E-state index < -0.39 is 0 Å². The maximum absolute atomic E-state index is 11.6. The highest BCUT2D eigenvalue weighted by atomic mass is 32.1. The van der Waals surface area contributed by atoms with Crippen LogP contribution in [-0.2, 0) is 11.2 Å². The minimum atomic E-state index is -0.215. The maximum Gasteiger partial charge on any atom is 0.316 e. The summed E-state index contributed by atoms with van der Waals surface area (Å²) in [4.78, 5) is 12.6. The molecule has 0 N–H and O–H groups in total. The number of esters is 1. The van der Waals surface area contributed by atoms with E-state index in [9.17, 15) is 4.79 Å². The first-order valence-corrected chi connectivity index (χ1v) is 5.92. The van der Waals surface area contributed by atoms with Crippen LogP contribution in [0.15, 0.2) is 41.8 Å². The zero-order valence-electron chi connectivity index (χ0n) is 8.97. The number of ether oxygens (including phenoxy) is 1. The fourth-order valence-electron chi connectivity index (χ4n) is 1.40. The zero-order valence-corrected chi connectivity index (χ0v) is 9.79. The number of rotatable bonds is 3. The Morgan fingerprint density at radius 1 is 1.31 bits per heavy atom. The van der Waals surface area contributed by atoms with Gasteiger partial charge in [-0.1, -0.05) is 18.2 Å². The molecular weight excluding hydrogens is 220 g/mol. The molecule has 1 heterocycles. The van der Waals surface area contributed by atoms with Gasteiger partial charge in [0.1, 0.15) is 5.75 Å². The number of carbonyl (C=O) groups is 1. The molecule has 2 aromatic rings. The van der Waals surface area contributed by atoms with Gasteiger partial charge in [0.15, 0.2) is 0 Å². The molecule has 16 heavy (non-hydrogen) atoms. The second-order valence-electron chi connectivity index (χ2n) is 3.55. The fourth-order valence-corrected chi connectivity index (χ4v) is 2.09. The minimum Gasteiger partial charge on any atom is -0.426 e. The largest absolute Gasteiger partial charge is 0.426 e. The predicted octanol–water partition coefficient (Wildman–Crippen LogP) is 3.20. The number of aryl methyl sites for hydroxylation is 1. The molecule has 0 atom stereocenters. The van der Waals surface area contributed by atoms with Crippen LogP contribution in [0.4, 0.5) is 0 Å². The van der Waals surface area contributed by atoms with E-state index in [1.807, 2.05) is 42.6 Å². The van der Waals surface area contributed by atoms with Crippen molar-refractivity contribution < 1.29 is 9.53 Å². The van der Waals surface area contributed by atoms with Crippen molar-refractivity contribution in [3.63, 3.8) is 0 Å². The first kappa shape index (κ1) is 10.9. The summed E-state index contributed by atoms with van der Waals surface area (Å²) in [5, 5.41) is 1.95. The number of hydrogen-bond donors (Lipinski definition) is 0. The van der Waals surface area contributed by atoms with Crippen LogP contribution in [0, 0.1) is 6.92 Å². The molecule has 0 aliphatic carbocycles. The molecule has 0 saturated carbocycles. The highest BCUT2D eigenvalue weighted by Gasteiger charge is 2.06. The van der Waals surface area contributed by atoms with Crippen LogP contribution in [-0.4, -0.2) is 5.97 Å². The quantitative estimate of drug-likeness (QED) is 0.600. The van der Waals surface area contributed by atoms with Crippen molar-refractivity contribution in [2.45, 2.75) is 13.3 Å². The summed E-state index contributed by atoms with van der Waals surface area (Å²) in [5.41, 5.74) is 1.08. The monoisotopic (exact) mass is 232 g/mol. The zero-order chi connectivity index (χ0) is 11.4. The molecule has 0 amide bonds. The summed E-state index contributed by atoms with van der Waals surface area (Å²) < 4.78 is 5.24. The van der Waals surface area contributed by atoms with E-state index in [1.165, 1.54) is 0 Å². The molecule has 1 aromatic carbocycles. The van der Waals surface area contributed by atoms with Crippen molar-refractivity contribution in [3.8, 4) is 5.75 Å². The maximum atomic E-state index is 11.6. The van der Waals surface area contributed by atoms with Gasteiger partial charge < -0.3 is 4.74 Å². The molecule has 0 spiro atoms. The summed E-state index contributed by atoms with van der Waals surface area (Å²) >= 11 is 1.56. The summed E-state index contributed by atoms with van der Waals surface area (Å²) in [5.74, 6) is 0.398. The Balaban J connectivity index is 1.97. The Hall–Kier alpha value is -1.61. The van der Waals surface area contributed by atoms with Crippen molar-refractivity contribution in [3.05, 3.63) is 52.2 Å². The van der Waals surface area contributed by atoms with E-state index >= 15 is 0 Å². The SMILES string of the molecule is Cc1cccc(OC(=O)Cc2cccs2)c1. The highest BCUT2D eigenvalue weighted by Crippen LogP contribution is 2.15. The Morgan fingerprint density at radius 3 is 2.88 bits per heavy atom. The molecule has 0 fully saturated rings. The van der Waals surface area contributed by atoms with Crippen molar-refractivity contribution in [2.24, 2.45) is 0 Å². The molecule has 0 radical (unpaired) electrons. The van der Waals surface area contributed by atoms with E-state index in [4.69, 9.17) is 4.74 Å². The van der Waals surface area contributed by atoms with Crippen LogP contribution in [0.3, 0.4) is 0 Å². The first-order chi connectivity index (χ1) is 7.74. The van der Waals surface area contributed by atoms with E-state index in [1.54, 1.807) is 17.4 Å². The molecule has 0 unspecified atom stereocenters. The normalized spacial score (nSPS) is 10.1. The smallest absolute Gasteiger partial charge is 0.316 e. The topological polar surface area (TPSA) is 26.3 Å². The second-order valence-corrected chi connectivity index (χ2v) is 4.58. The van der Waals surface area contributed by atoms with E-state index in [0.29, 0.717) is 12.2 Å². The number of carbonyl (C=O) groups excluding carboxylic acids is 1. The van der Waals surface area contributed by atoms with Crippen molar-refractivity contribution in [1.82, 2.24) is 0 Å². The third-order valence-electron chi connectivity index (χ3n) is 2.12. The molecule has 0 aliphatic rings. The van der Waals surface area contributed by atoms with Crippen molar-refractivity contribution in [1.29, 1.82) is 0 Å². The molecule has 2 nitrogen and oxygen atoms in total. The predicted molar refractivity (Wildman–Crippen MR) is 64.8 cm³/mol. The van der Waals surface area contributed by atoms with E-state index in [-0.39, 0.29) is 5.97 Å². The molecule has 0 bridgehead atoms. The lowest BCUT2D eigenvalue weighted by Crippen LogP contribution is -2.10. The standard InChI is InChI=1S/C13H12O2S/c1-10-4-2-5-11(8-10)15-13(14)9-12-6-3-7-16-12/h2-8H,9H2,1H3. The van der Waals surface area contributed by atoms with Gasteiger partial charge in [0.25, 0.3) is 0 Å². The van der Waals surface area contributed by atoms with Crippen LogP contribution in [0.2, 0.25) is 0 Å². The van der Waals surface area contributed by atoms with Gasteiger partial charge in [0.05, 0.1) is 6.42 Å². The average Bonchev–Trinajstić information content (AvgIpc) is 2.70. The van der Waals surface area contributed by atoms with E-state index in [0.717, 1.165) is 10.4 Å². The van der Waals surface area contributed by atoms with Gasteiger partial charge in [0, 0.05) is 4.88 Å². The molecular formula is C13H12O2S. The fraction of sp³-hybridized carbons (Fsp3) is 0.154. The molecule has 2 rings (SSSR count). The van der Waals surface area contributed by atoms with Gasteiger partial charge in [-0.15, -0.1) is 11.3 Å². The first-order valence-electron chi connectivity index (χ1n) is 5.04. The summed E-state index contributed by atoms with van der Waals surface area (Å²) in [6.45, 7) is 1.97. The third kappa shape index (κ3) is 2.94. The Bertz CT molecular complexity index is 474. The third-order valence-corrected chi connectivity index (χ3v) is 3.00. The molecule has 82 valence electrons. The van der Waals surface area contributed by atoms with Gasteiger partial charge >= 0.3 is 5.97 Å². The Morgan fingerprint density at radius 2 is 2.19 bits per heavy atom. The van der Waals surface area contributed by atoms with Gasteiger partial charge in [-0.05, 0) is 36.1 Å². The lowest BCUT2D eigenvalue weighted by Gasteiger charge is -2.03. The molecule has 0 saturated heterocycles. The Kier molecular flexibility index (Phi) is 3.37. The summed E-state index contributed by atoms with van der Waals surface area (Å²) in [6, 6.07) is 11.4. The molecule has 0 aliphatic heterocycles. The van der Waals surface area contributed by atoms with Crippen LogP contribution in [0.25, 0.3) is 0 Å². The van der Waals surface area contributed by atoms with Crippen LogP contribution >= 0.6 is 11.3 Å². The van der Waals surface area contributed by atoms with Crippen molar-refractivity contribution >= 4 is 17.3 Å². The molecule has 1 aromatic heterocycles. The number of benzene rings is 1. The van der Waals surface area contributed by atoms with Crippen LogP contribution in [0.5, 0.6) is 5.75 Å². The van der Waals surface area contributed by atoms with Crippen LogP contribution < -0.4 is 4.74 Å². The minimum absolute atomic E-state index is 0.215. The van der Waals surface area contributed by atoms with E-state index in [2.05, 4.69) is 0 Å². The second kappa shape index (κ2) is 4.94. The van der Waals surface area contributed by atoms with Gasteiger partial charge in [-0.25, -0.2) is 0 Å². The number of hydrogen-bond acceptors (Lipinski definition) is 3. The van der Waals surface area contributed by atoms with Gasteiger partial charge in [0.2, 0.25) is 0 Å². The summed E-state index contributed by atoms with van der Waals surface area (Å²) in [6.07, 6.45) is 0.339. The Labute approximate surface area is 98.5 Å². The summed E-state index contributed by atoms with van der Waals surface area (Å²) in [7, 11) is 0. The van der Waals surface area contributed by atoms with Gasteiger partial charge in [-0.2, -0.15) is 0 Å². The number of thiophene rings is 1. The van der Waals surface area contributed by atoms with Crippen molar-refractivity contribution in [2.75, 3.05) is 0 Å².